The fraction of sp³-hybridized carbons (Fsp3) is 0.278. The summed E-state index contributed by atoms with van der Waals surface area (Å²) >= 11 is 23.6. The molecule has 0 saturated heterocycles. The van der Waals surface area contributed by atoms with Gasteiger partial charge in [0.25, 0.3) is 0 Å². The summed E-state index contributed by atoms with van der Waals surface area (Å²) in [6.07, 6.45) is 1.61. The van der Waals surface area contributed by atoms with Gasteiger partial charge in [-0.15, -0.1) is 0 Å². The van der Waals surface area contributed by atoms with Gasteiger partial charge in [-0.05, 0) is 43.8 Å². The lowest BCUT2D eigenvalue weighted by atomic mass is 10.2. The molecule has 0 saturated carbocycles. The molecule has 0 aliphatic carbocycles. The zero-order valence-corrected chi connectivity index (χ0v) is 18.6. The minimum atomic E-state index is 0.469. The van der Waals surface area contributed by atoms with Crippen molar-refractivity contribution in [3.05, 3.63) is 62.1 Å². The molecular formula is C18H19Cl3N6S. The van der Waals surface area contributed by atoms with Crippen LogP contribution in [0, 0.1) is 13.8 Å². The normalized spacial score (nSPS) is 10.9. The van der Waals surface area contributed by atoms with Gasteiger partial charge in [-0.25, -0.2) is 0 Å². The van der Waals surface area contributed by atoms with Crippen molar-refractivity contribution < 1.29 is 0 Å². The lowest BCUT2D eigenvalue weighted by Crippen LogP contribution is -2.29. The summed E-state index contributed by atoms with van der Waals surface area (Å²) in [5, 5.41) is 17.2. The average Bonchev–Trinajstić information content (AvgIpc) is 3.10. The van der Waals surface area contributed by atoms with Gasteiger partial charge < -0.3 is 10.6 Å². The highest BCUT2D eigenvalue weighted by atomic mass is 35.5. The molecule has 3 rings (SSSR count). The van der Waals surface area contributed by atoms with Gasteiger partial charge >= 0.3 is 0 Å². The standard InChI is InChI=1S/C18H19Cl3N6S/c1-10-17(24-18(28)22-8-16-15(21)7-23-26(16)3)11(2)27(25-10)9-12-4-5-13(19)14(20)6-12/h4-7H,8-9H2,1-3H3,(H2,22,24,28). The number of aryl methyl sites for hydroxylation is 2. The highest BCUT2D eigenvalue weighted by Crippen LogP contribution is 2.25. The summed E-state index contributed by atoms with van der Waals surface area (Å²) in [7, 11) is 1.83. The second-order valence-corrected chi connectivity index (χ2v) is 7.95. The van der Waals surface area contributed by atoms with E-state index in [2.05, 4.69) is 20.8 Å². The van der Waals surface area contributed by atoms with Gasteiger partial charge in [-0.3, -0.25) is 9.36 Å². The first-order valence-electron chi connectivity index (χ1n) is 8.45. The number of hydrogen-bond acceptors (Lipinski definition) is 3. The van der Waals surface area contributed by atoms with Crippen molar-refractivity contribution in [2.45, 2.75) is 26.9 Å². The highest BCUT2D eigenvalue weighted by Gasteiger charge is 2.14. The molecule has 0 radical (unpaired) electrons. The van der Waals surface area contributed by atoms with Gasteiger partial charge in [0.05, 0.1) is 57.1 Å². The van der Waals surface area contributed by atoms with Crippen LogP contribution in [0.15, 0.2) is 24.4 Å². The van der Waals surface area contributed by atoms with E-state index in [0.29, 0.717) is 33.3 Å². The minimum absolute atomic E-state index is 0.469. The molecule has 0 bridgehead atoms. The Morgan fingerprint density at radius 2 is 1.89 bits per heavy atom. The summed E-state index contributed by atoms with van der Waals surface area (Å²) in [6.45, 7) is 4.97. The molecule has 6 nitrogen and oxygen atoms in total. The molecule has 2 N–H and O–H groups in total. The van der Waals surface area contributed by atoms with Crippen LogP contribution >= 0.6 is 47.0 Å². The number of hydrogen-bond donors (Lipinski definition) is 2. The number of nitrogens with one attached hydrogen (secondary N) is 2. The van der Waals surface area contributed by atoms with Crippen molar-refractivity contribution >= 4 is 57.8 Å². The predicted molar refractivity (Wildman–Crippen MR) is 119 cm³/mol. The van der Waals surface area contributed by atoms with Crippen molar-refractivity contribution in [2.75, 3.05) is 5.32 Å². The molecule has 0 fully saturated rings. The molecule has 0 spiro atoms. The third-order valence-electron chi connectivity index (χ3n) is 4.36. The third kappa shape index (κ3) is 4.60. The lowest BCUT2D eigenvalue weighted by molar-refractivity contribution is 0.659. The largest absolute Gasteiger partial charge is 0.357 e. The first-order chi connectivity index (χ1) is 13.3. The van der Waals surface area contributed by atoms with Crippen molar-refractivity contribution in [1.29, 1.82) is 0 Å². The van der Waals surface area contributed by atoms with Gasteiger partial charge in [0.1, 0.15) is 0 Å². The van der Waals surface area contributed by atoms with Gasteiger partial charge in [-0.1, -0.05) is 40.9 Å². The van der Waals surface area contributed by atoms with E-state index in [0.717, 1.165) is 28.3 Å². The van der Waals surface area contributed by atoms with Gasteiger partial charge in [-0.2, -0.15) is 10.2 Å². The molecule has 3 aromatic rings. The predicted octanol–water partition coefficient (Wildman–Crippen LogP) is 4.73. The molecule has 0 atom stereocenters. The molecular weight excluding hydrogens is 439 g/mol. The SMILES string of the molecule is Cc1nn(Cc2ccc(Cl)c(Cl)c2)c(C)c1NC(=S)NCc1c(Cl)cnn1C. The van der Waals surface area contributed by atoms with Crippen molar-refractivity contribution in [2.24, 2.45) is 7.05 Å². The van der Waals surface area contributed by atoms with Crippen LogP contribution in [0.5, 0.6) is 0 Å². The Balaban J connectivity index is 1.69. The zero-order chi connectivity index (χ0) is 20.4. The molecule has 2 aromatic heterocycles. The average molecular weight is 458 g/mol. The molecule has 1 aromatic carbocycles. The quantitative estimate of drug-likeness (QED) is 0.543. The molecule has 0 unspecified atom stereocenters. The zero-order valence-electron chi connectivity index (χ0n) is 15.6. The number of benzene rings is 1. The number of thiocarbonyl (C=S) groups is 1. The van der Waals surface area contributed by atoms with Crippen LogP contribution < -0.4 is 10.6 Å². The first kappa shape index (κ1) is 20.9. The Bertz CT molecular complexity index is 1010. The van der Waals surface area contributed by atoms with E-state index in [4.69, 9.17) is 47.0 Å². The van der Waals surface area contributed by atoms with E-state index in [1.54, 1.807) is 16.9 Å². The summed E-state index contributed by atoms with van der Waals surface area (Å²) in [4.78, 5) is 0. The van der Waals surface area contributed by atoms with Gasteiger partial charge in [0.2, 0.25) is 0 Å². The number of nitrogens with zero attached hydrogens (tertiary/aromatic N) is 4. The molecule has 28 heavy (non-hydrogen) atoms. The molecule has 0 amide bonds. The summed E-state index contributed by atoms with van der Waals surface area (Å²) < 4.78 is 3.61. The highest BCUT2D eigenvalue weighted by molar-refractivity contribution is 7.80. The Hall–Kier alpha value is -1.80. The van der Waals surface area contributed by atoms with Crippen molar-refractivity contribution in [1.82, 2.24) is 24.9 Å². The maximum atomic E-state index is 6.12. The van der Waals surface area contributed by atoms with Gasteiger partial charge in [0, 0.05) is 7.05 Å². The molecule has 10 heteroatoms. The van der Waals surface area contributed by atoms with Crippen LogP contribution in [0.2, 0.25) is 15.1 Å². The fourth-order valence-electron chi connectivity index (χ4n) is 2.80. The second-order valence-electron chi connectivity index (χ2n) is 6.32. The van der Waals surface area contributed by atoms with Gasteiger partial charge in [0.15, 0.2) is 5.11 Å². The Morgan fingerprint density at radius 1 is 1.14 bits per heavy atom. The van der Waals surface area contributed by atoms with Crippen LogP contribution in [0.3, 0.4) is 0 Å². The lowest BCUT2D eigenvalue weighted by Gasteiger charge is -2.12. The second kappa shape index (κ2) is 8.69. The van der Waals surface area contributed by atoms with E-state index in [1.807, 2.05) is 37.7 Å². The Morgan fingerprint density at radius 3 is 2.54 bits per heavy atom. The first-order valence-corrected chi connectivity index (χ1v) is 9.99. The Labute approximate surface area is 183 Å². The summed E-state index contributed by atoms with van der Waals surface area (Å²) in [5.41, 5.74) is 4.55. The smallest absolute Gasteiger partial charge is 0.171 e. The Kier molecular flexibility index (Phi) is 6.50. The summed E-state index contributed by atoms with van der Waals surface area (Å²) in [5.74, 6) is 0. The van der Waals surface area contributed by atoms with E-state index in [1.165, 1.54) is 0 Å². The van der Waals surface area contributed by atoms with Crippen LogP contribution in [-0.4, -0.2) is 24.7 Å². The van der Waals surface area contributed by atoms with E-state index in [9.17, 15) is 0 Å². The topological polar surface area (TPSA) is 59.7 Å². The molecule has 0 aliphatic heterocycles. The third-order valence-corrected chi connectivity index (χ3v) is 5.66. The van der Waals surface area contributed by atoms with Crippen LogP contribution in [0.25, 0.3) is 0 Å². The maximum Gasteiger partial charge on any atom is 0.171 e. The molecule has 0 aliphatic rings. The van der Waals surface area contributed by atoms with E-state index < -0.39 is 0 Å². The van der Waals surface area contributed by atoms with Crippen LogP contribution in [0.4, 0.5) is 5.69 Å². The number of aromatic nitrogens is 4. The van der Waals surface area contributed by atoms with Crippen LogP contribution in [-0.2, 0) is 20.1 Å². The molecule has 148 valence electrons. The monoisotopic (exact) mass is 456 g/mol. The number of halogens is 3. The van der Waals surface area contributed by atoms with Crippen molar-refractivity contribution in [3.63, 3.8) is 0 Å². The van der Waals surface area contributed by atoms with Crippen molar-refractivity contribution in [3.8, 4) is 0 Å². The minimum Gasteiger partial charge on any atom is -0.357 e. The number of rotatable bonds is 5. The maximum absolute atomic E-state index is 6.12. The molecule has 2 heterocycles. The summed E-state index contributed by atoms with van der Waals surface area (Å²) in [6, 6.07) is 5.56. The number of anilines is 1. The van der Waals surface area contributed by atoms with E-state index in [-0.39, 0.29) is 0 Å². The fourth-order valence-corrected chi connectivity index (χ4v) is 3.53. The van der Waals surface area contributed by atoms with Crippen LogP contribution in [0.1, 0.15) is 22.6 Å². The van der Waals surface area contributed by atoms with E-state index >= 15 is 0 Å².